The van der Waals surface area contributed by atoms with Gasteiger partial charge < -0.3 is 14.4 Å². The number of ether oxygens (including phenoxy) is 2. The number of carbonyl (C=O) groups is 1. The maximum absolute atomic E-state index is 13.3. The summed E-state index contributed by atoms with van der Waals surface area (Å²) in [4.78, 5) is 14.8. The molecule has 0 aliphatic carbocycles. The summed E-state index contributed by atoms with van der Waals surface area (Å²) in [6, 6.07) is 14.7. The first-order chi connectivity index (χ1) is 13.8. The molecule has 0 saturated carbocycles. The van der Waals surface area contributed by atoms with Crippen LogP contribution in [0.3, 0.4) is 0 Å². The van der Waals surface area contributed by atoms with Crippen molar-refractivity contribution in [3.8, 4) is 5.75 Å². The van der Waals surface area contributed by atoms with Gasteiger partial charge in [0.1, 0.15) is 12.3 Å². The van der Waals surface area contributed by atoms with E-state index in [1.807, 2.05) is 13.8 Å². The molecule has 1 amide bonds. The Morgan fingerprint density at radius 1 is 1.07 bits per heavy atom. The third-order valence-corrected chi connectivity index (χ3v) is 6.53. The number of amides is 1. The van der Waals surface area contributed by atoms with E-state index in [2.05, 4.69) is 0 Å². The molecule has 2 unspecified atom stereocenters. The quantitative estimate of drug-likeness (QED) is 0.721. The Kier molecular flexibility index (Phi) is 6.44. The maximum Gasteiger partial charge on any atom is 0.264 e. The van der Waals surface area contributed by atoms with Crippen LogP contribution < -0.4 is 9.04 Å². The Hall–Kier alpha value is -2.58. The van der Waals surface area contributed by atoms with E-state index < -0.39 is 10.0 Å². The molecular formula is C21H26N2O5S. The van der Waals surface area contributed by atoms with Gasteiger partial charge in [0.15, 0.2) is 0 Å². The summed E-state index contributed by atoms with van der Waals surface area (Å²) < 4.78 is 38.7. The zero-order chi connectivity index (χ0) is 21.0. The van der Waals surface area contributed by atoms with E-state index in [9.17, 15) is 13.2 Å². The molecule has 1 fully saturated rings. The second-order valence-electron chi connectivity index (χ2n) is 7.08. The van der Waals surface area contributed by atoms with Gasteiger partial charge in [-0.2, -0.15) is 0 Å². The van der Waals surface area contributed by atoms with E-state index in [0.717, 1.165) is 4.31 Å². The molecule has 29 heavy (non-hydrogen) atoms. The number of carbonyl (C=O) groups excluding carboxylic acids is 1. The molecule has 2 aromatic rings. The highest BCUT2D eigenvalue weighted by Crippen LogP contribution is 2.26. The highest BCUT2D eigenvalue weighted by Gasteiger charge is 2.31. The molecule has 1 heterocycles. The number of nitrogens with zero attached hydrogens (tertiary/aromatic N) is 2. The van der Waals surface area contributed by atoms with E-state index in [0.29, 0.717) is 24.5 Å². The second-order valence-corrected chi connectivity index (χ2v) is 8.94. The van der Waals surface area contributed by atoms with Crippen molar-refractivity contribution in [1.29, 1.82) is 0 Å². The van der Waals surface area contributed by atoms with E-state index in [-0.39, 0.29) is 29.6 Å². The molecule has 156 valence electrons. The maximum atomic E-state index is 13.3. The molecule has 3 rings (SSSR count). The van der Waals surface area contributed by atoms with Gasteiger partial charge in [0.2, 0.25) is 5.91 Å². The number of sulfonamides is 1. The van der Waals surface area contributed by atoms with Gasteiger partial charge in [-0.05, 0) is 50.2 Å². The largest absolute Gasteiger partial charge is 0.497 e. The first-order valence-corrected chi connectivity index (χ1v) is 10.9. The smallest absolute Gasteiger partial charge is 0.264 e. The van der Waals surface area contributed by atoms with Gasteiger partial charge in [0.25, 0.3) is 10.0 Å². The van der Waals surface area contributed by atoms with Gasteiger partial charge in [0.05, 0.1) is 29.9 Å². The van der Waals surface area contributed by atoms with Crippen molar-refractivity contribution >= 4 is 21.6 Å². The molecule has 8 heteroatoms. The van der Waals surface area contributed by atoms with Crippen molar-refractivity contribution in [1.82, 2.24) is 4.90 Å². The van der Waals surface area contributed by atoms with Gasteiger partial charge in [-0.3, -0.25) is 9.10 Å². The van der Waals surface area contributed by atoms with E-state index >= 15 is 0 Å². The molecule has 0 bridgehead atoms. The minimum atomic E-state index is -3.92. The lowest BCUT2D eigenvalue weighted by Crippen LogP contribution is -2.51. The molecule has 2 atom stereocenters. The van der Waals surface area contributed by atoms with Crippen LogP contribution in [-0.2, 0) is 19.6 Å². The van der Waals surface area contributed by atoms with Gasteiger partial charge in [-0.25, -0.2) is 8.42 Å². The predicted molar refractivity (Wildman–Crippen MR) is 111 cm³/mol. The van der Waals surface area contributed by atoms with Crippen LogP contribution in [0.1, 0.15) is 13.8 Å². The van der Waals surface area contributed by atoms with Crippen molar-refractivity contribution in [2.45, 2.75) is 31.0 Å². The number of morpholine rings is 1. The molecule has 0 spiro atoms. The molecule has 0 radical (unpaired) electrons. The number of methoxy groups -OCH3 is 1. The van der Waals surface area contributed by atoms with Crippen LogP contribution in [-0.4, -0.2) is 58.2 Å². The number of benzene rings is 2. The first-order valence-electron chi connectivity index (χ1n) is 9.46. The average molecular weight is 419 g/mol. The molecule has 7 nitrogen and oxygen atoms in total. The Morgan fingerprint density at radius 3 is 2.21 bits per heavy atom. The molecule has 1 aliphatic heterocycles. The van der Waals surface area contributed by atoms with Crippen LogP contribution >= 0.6 is 0 Å². The molecular weight excluding hydrogens is 392 g/mol. The van der Waals surface area contributed by atoms with Crippen LogP contribution in [0.4, 0.5) is 5.69 Å². The summed E-state index contributed by atoms with van der Waals surface area (Å²) in [5, 5.41) is 0. The summed E-state index contributed by atoms with van der Waals surface area (Å²) in [6.07, 6.45) is -0.189. The Bertz CT molecular complexity index is 921. The zero-order valence-electron chi connectivity index (χ0n) is 16.8. The second kappa shape index (κ2) is 8.84. The highest BCUT2D eigenvalue weighted by atomic mass is 32.2. The predicted octanol–water partition coefficient (Wildman–Crippen LogP) is 2.53. The van der Waals surface area contributed by atoms with Crippen molar-refractivity contribution < 1.29 is 22.7 Å². The Labute approximate surface area is 171 Å². The van der Waals surface area contributed by atoms with E-state index in [1.165, 1.54) is 19.2 Å². The Morgan fingerprint density at radius 2 is 1.66 bits per heavy atom. The number of hydrogen-bond acceptors (Lipinski definition) is 5. The fourth-order valence-electron chi connectivity index (χ4n) is 3.39. The molecule has 2 aromatic carbocycles. The Balaban J connectivity index is 1.93. The van der Waals surface area contributed by atoms with Crippen LogP contribution in [0.2, 0.25) is 0 Å². The summed E-state index contributed by atoms with van der Waals surface area (Å²) in [7, 11) is -2.38. The number of anilines is 1. The number of hydrogen-bond donors (Lipinski definition) is 0. The molecule has 1 aliphatic rings. The van der Waals surface area contributed by atoms with E-state index in [1.54, 1.807) is 47.4 Å². The van der Waals surface area contributed by atoms with Crippen LogP contribution in [0, 0.1) is 0 Å². The fraction of sp³-hybridized carbons (Fsp3) is 0.381. The lowest BCUT2D eigenvalue weighted by molar-refractivity contribution is -0.141. The van der Waals surface area contributed by atoms with Gasteiger partial charge in [-0.15, -0.1) is 0 Å². The SMILES string of the molecule is COc1ccc(N(CC(=O)N2CC(C)OC(C)C2)S(=O)(=O)c2ccccc2)cc1. The lowest BCUT2D eigenvalue weighted by Gasteiger charge is -2.36. The third-order valence-electron chi connectivity index (χ3n) is 4.74. The van der Waals surface area contributed by atoms with Crippen molar-refractivity contribution in [2.75, 3.05) is 31.0 Å². The highest BCUT2D eigenvalue weighted by molar-refractivity contribution is 7.92. The molecule has 0 aromatic heterocycles. The fourth-order valence-corrected chi connectivity index (χ4v) is 4.82. The minimum Gasteiger partial charge on any atom is -0.497 e. The summed E-state index contributed by atoms with van der Waals surface area (Å²) in [6.45, 7) is 4.38. The summed E-state index contributed by atoms with van der Waals surface area (Å²) in [5.41, 5.74) is 0.400. The van der Waals surface area contributed by atoms with Gasteiger partial charge >= 0.3 is 0 Å². The third kappa shape index (κ3) is 4.89. The molecule has 0 N–H and O–H groups in total. The van der Waals surface area contributed by atoms with Crippen molar-refractivity contribution in [3.05, 3.63) is 54.6 Å². The zero-order valence-corrected chi connectivity index (χ0v) is 17.6. The average Bonchev–Trinajstić information content (AvgIpc) is 2.71. The van der Waals surface area contributed by atoms with Crippen molar-refractivity contribution in [2.24, 2.45) is 0 Å². The monoisotopic (exact) mass is 418 g/mol. The van der Waals surface area contributed by atoms with Crippen molar-refractivity contribution in [3.63, 3.8) is 0 Å². The van der Waals surface area contributed by atoms with Gasteiger partial charge in [-0.1, -0.05) is 18.2 Å². The van der Waals surface area contributed by atoms with Gasteiger partial charge in [0, 0.05) is 13.1 Å². The van der Waals surface area contributed by atoms with Crippen LogP contribution in [0.25, 0.3) is 0 Å². The first kappa shape index (κ1) is 21.1. The summed E-state index contributed by atoms with van der Waals surface area (Å²) in [5.74, 6) is 0.343. The summed E-state index contributed by atoms with van der Waals surface area (Å²) >= 11 is 0. The number of rotatable bonds is 6. The van der Waals surface area contributed by atoms with Crippen LogP contribution in [0.5, 0.6) is 5.75 Å². The molecule has 1 saturated heterocycles. The standard InChI is InChI=1S/C21H26N2O5S/c1-16-13-22(14-17(2)28-16)21(24)15-23(18-9-11-19(27-3)12-10-18)29(25,26)20-7-5-4-6-8-20/h4-12,16-17H,13-15H2,1-3H3. The van der Waals surface area contributed by atoms with E-state index in [4.69, 9.17) is 9.47 Å². The topological polar surface area (TPSA) is 76.2 Å². The normalized spacial score (nSPS) is 19.6. The van der Waals surface area contributed by atoms with Crippen LogP contribution in [0.15, 0.2) is 59.5 Å². The lowest BCUT2D eigenvalue weighted by atomic mass is 10.2. The minimum absolute atomic E-state index is 0.0946.